The molecular formula is C27H21F3N2O3. The molecule has 1 aromatic heterocycles. The van der Waals surface area contributed by atoms with E-state index in [9.17, 15) is 18.0 Å². The van der Waals surface area contributed by atoms with Crippen LogP contribution in [0.15, 0.2) is 79.1 Å². The summed E-state index contributed by atoms with van der Waals surface area (Å²) in [6, 6.07) is 18.9. The zero-order valence-electron chi connectivity index (χ0n) is 18.7. The molecule has 0 fully saturated rings. The number of aryl methyl sites for hydroxylation is 1. The summed E-state index contributed by atoms with van der Waals surface area (Å²) in [5.41, 5.74) is 4.09. The Morgan fingerprint density at radius 2 is 1.69 bits per heavy atom. The molecule has 1 amide bonds. The molecule has 4 rings (SSSR count). The number of hydrogen-bond acceptors (Lipinski definition) is 4. The Bertz CT molecular complexity index is 1360. The van der Waals surface area contributed by atoms with Gasteiger partial charge in [-0.2, -0.15) is 22.8 Å². The van der Waals surface area contributed by atoms with E-state index in [1.54, 1.807) is 12.4 Å². The molecule has 0 bridgehead atoms. The van der Waals surface area contributed by atoms with Crippen molar-refractivity contribution in [2.75, 3.05) is 0 Å². The van der Waals surface area contributed by atoms with Gasteiger partial charge in [-0.3, -0.25) is 9.78 Å². The molecular weight excluding hydrogens is 457 g/mol. The summed E-state index contributed by atoms with van der Waals surface area (Å²) in [5.74, 6) is -0.260. The van der Waals surface area contributed by atoms with Crippen molar-refractivity contribution in [2.24, 2.45) is 0 Å². The molecule has 5 nitrogen and oxygen atoms in total. The number of amides is 1. The molecule has 0 radical (unpaired) electrons. The first kappa shape index (κ1) is 25.3. The number of rotatable bonds is 5. The van der Waals surface area contributed by atoms with E-state index < -0.39 is 11.7 Å². The highest BCUT2D eigenvalue weighted by Crippen LogP contribution is 2.31. The third-order valence-electron chi connectivity index (χ3n) is 5.36. The van der Waals surface area contributed by atoms with Gasteiger partial charge in [-0.15, -0.1) is 0 Å². The molecule has 1 heterocycles. The number of nitrogens with one attached hydrogen (secondary N) is 1. The van der Waals surface area contributed by atoms with Crippen LogP contribution in [0.3, 0.4) is 0 Å². The minimum atomic E-state index is -4.39. The average Bonchev–Trinajstić information content (AvgIpc) is 2.83. The lowest BCUT2D eigenvalue weighted by molar-refractivity contribution is -0.191. The number of pyridine rings is 1. The SMILES string of the molecule is Cc1cccc(-c2ccc(CNC(=O)Cc3ccc(C(F)(F)F)cc3)c3cnccc23)c1.O=C=O. The number of hydrogen-bond donors (Lipinski definition) is 1. The maximum Gasteiger partial charge on any atom is 0.416 e. The fourth-order valence-electron chi connectivity index (χ4n) is 3.72. The second kappa shape index (κ2) is 11.2. The van der Waals surface area contributed by atoms with Crippen LogP contribution in [-0.4, -0.2) is 17.0 Å². The van der Waals surface area contributed by atoms with Gasteiger partial charge in [0.1, 0.15) is 0 Å². The van der Waals surface area contributed by atoms with Crippen molar-refractivity contribution in [1.82, 2.24) is 10.3 Å². The van der Waals surface area contributed by atoms with Crippen molar-refractivity contribution in [3.63, 3.8) is 0 Å². The van der Waals surface area contributed by atoms with E-state index in [1.165, 1.54) is 17.7 Å². The summed E-state index contributed by atoms with van der Waals surface area (Å²) in [4.78, 5) is 32.9. The van der Waals surface area contributed by atoms with Gasteiger partial charge in [0.2, 0.25) is 5.91 Å². The molecule has 0 unspecified atom stereocenters. The van der Waals surface area contributed by atoms with Crippen molar-refractivity contribution in [1.29, 1.82) is 0 Å². The number of carbonyl (C=O) groups is 1. The van der Waals surface area contributed by atoms with Gasteiger partial charge in [0.25, 0.3) is 0 Å². The second-order valence-electron chi connectivity index (χ2n) is 7.79. The van der Waals surface area contributed by atoms with E-state index in [4.69, 9.17) is 9.59 Å². The Hall–Kier alpha value is -4.29. The third-order valence-corrected chi connectivity index (χ3v) is 5.36. The molecule has 3 aromatic carbocycles. The minimum absolute atomic E-state index is 0.00962. The van der Waals surface area contributed by atoms with E-state index >= 15 is 0 Å². The van der Waals surface area contributed by atoms with Gasteiger partial charge in [0.15, 0.2) is 0 Å². The Labute approximate surface area is 199 Å². The number of halogens is 3. The topological polar surface area (TPSA) is 76.1 Å². The van der Waals surface area contributed by atoms with Crippen molar-refractivity contribution >= 4 is 22.8 Å². The molecule has 0 saturated carbocycles. The molecule has 8 heteroatoms. The Balaban J connectivity index is 0.00000108. The first-order valence-corrected chi connectivity index (χ1v) is 10.6. The lowest BCUT2D eigenvalue weighted by Crippen LogP contribution is -2.24. The number of nitrogens with zero attached hydrogens (tertiary/aromatic N) is 1. The van der Waals surface area contributed by atoms with Gasteiger partial charge >= 0.3 is 12.3 Å². The van der Waals surface area contributed by atoms with Crippen molar-refractivity contribution in [2.45, 2.75) is 26.1 Å². The fraction of sp³-hybridized carbons (Fsp3) is 0.148. The molecule has 0 saturated heterocycles. The smallest absolute Gasteiger partial charge is 0.352 e. The maximum absolute atomic E-state index is 12.7. The monoisotopic (exact) mass is 478 g/mol. The zero-order chi connectivity index (χ0) is 25.4. The summed E-state index contributed by atoms with van der Waals surface area (Å²) >= 11 is 0. The highest BCUT2D eigenvalue weighted by Gasteiger charge is 2.29. The Morgan fingerprint density at radius 3 is 2.34 bits per heavy atom. The van der Waals surface area contributed by atoms with Crippen LogP contribution >= 0.6 is 0 Å². The molecule has 0 aliphatic rings. The van der Waals surface area contributed by atoms with Crippen molar-refractivity contribution in [3.8, 4) is 11.1 Å². The van der Waals surface area contributed by atoms with Crippen LogP contribution in [0.5, 0.6) is 0 Å². The summed E-state index contributed by atoms with van der Waals surface area (Å²) in [6.45, 7) is 2.35. The summed E-state index contributed by atoms with van der Waals surface area (Å²) in [6.07, 6.45) is -0.600. The standard InChI is InChI=1S/C26H21F3N2O.CO2/c1-17-3-2-4-19(13-17)22-10-7-20(24-16-30-12-11-23(22)24)15-31-25(32)14-18-5-8-21(9-6-18)26(27,28)29;2-1-3/h2-13,16H,14-15H2,1H3,(H,31,32);. The van der Waals surface area contributed by atoms with Crippen LogP contribution < -0.4 is 5.32 Å². The van der Waals surface area contributed by atoms with Crippen LogP contribution in [0, 0.1) is 6.92 Å². The molecule has 0 aliphatic carbocycles. The van der Waals surface area contributed by atoms with Gasteiger partial charge in [0, 0.05) is 24.3 Å². The normalized spacial score (nSPS) is 10.7. The quantitative estimate of drug-likeness (QED) is 0.411. The number of alkyl halides is 3. The second-order valence-corrected chi connectivity index (χ2v) is 7.79. The number of fused-ring (bicyclic) bond motifs is 1. The summed E-state index contributed by atoms with van der Waals surface area (Å²) < 4.78 is 38.1. The van der Waals surface area contributed by atoms with Gasteiger partial charge in [-0.05, 0) is 52.8 Å². The maximum atomic E-state index is 12.7. The lowest BCUT2D eigenvalue weighted by Gasteiger charge is -2.13. The summed E-state index contributed by atoms with van der Waals surface area (Å²) in [7, 11) is 0. The predicted molar refractivity (Wildman–Crippen MR) is 124 cm³/mol. The molecule has 178 valence electrons. The van der Waals surface area contributed by atoms with Crippen LogP contribution in [0.4, 0.5) is 13.2 Å². The Morgan fingerprint density at radius 1 is 0.971 bits per heavy atom. The highest BCUT2D eigenvalue weighted by atomic mass is 19.4. The van der Waals surface area contributed by atoms with Gasteiger partial charge in [0.05, 0.1) is 12.0 Å². The number of carbonyl (C=O) groups excluding carboxylic acids is 3. The molecule has 4 aromatic rings. The van der Waals surface area contributed by atoms with Crippen LogP contribution in [0.2, 0.25) is 0 Å². The van der Waals surface area contributed by atoms with E-state index in [1.807, 2.05) is 37.3 Å². The molecule has 1 N–H and O–H groups in total. The summed E-state index contributed by atoms with van der Waals surface area (Å²) in [5, 5.41) is 4.85. The predicted octanol–water partition coefficient (Wildman–Crippen LogP) is 5.50. The average molecular weight is 478 g/mol. The Kier molecular flexibility index (Phi) is 8.12. The highest BCUT2D eigenvalue weighted by molar-refractivity contribution is 5.98. The van der Waals surface area contributed by atoms with Crippen molar-refractivity contribution in [3.05, 3.63) is 101 Å². The fourth-order valence-corrected chi connectivity index (χ4v) is 3.72. The molecule has 35 heavy (non-hydrogen) atoms. The van der Waals surface area contributed by atoms with Gasteiger partial charge in [-0.1, -0.05) is 54.1 Å². The third kappa shape index (κ3) is 6.62. The lowest BCUT2D eigenvalue weighted by atomic mass is 9.95. The first-order chi connectivity index (χ1) is 16.7. The van der Waals surface area contributed by atoms with E-state index in [0.717, 1.165) is 39.6 Å². The molecule has 0 aliphatic heterocycles. The largest absolute Gasteiger partial charge is 0.416 e. The number of aromatic nitrogens is 1. The minimum Gasteiger partial charge on any atom is -0.352 e. The molecule has 0 atom stereocenters. The molecule has 0 spiro atoms. The zero-order valence-corrected chi connectivity index (χ0v) is 18.7. The van der Waals surface area contributed by atoms with E-state index in [-0.39, 0.29) is 18.5 Å². The van der Waals surface area contributed by atoms with Crippen LogP contribution in [0.1, 0.15) is 22.3 Å². The van der Waals surface area contributed by atoms with Crippen LogP contribution in [-0.2, 0) is 33.5 Å². The first-order valence-electron chi connectivity index (χ1n) is 10.6. The van der Waals surface area contributed by atoms with E-state index in [0.29, 0.717) is 12.1 Å². The van der Waals surface area contributed by atoms with Gasteiger partial charge in [-0.25, -0.2) is 0 Å². The number of benzene rings is 3. The van der Waals surface area contributed by atoms with Crippen molar-refractivity contribution < 1.29 is 27.6 Å². The van der Waals surface area contributed by atoms with Crippen LogP contribution in [0.25, 0.3) is 21.9 Å². The van der Waals surface area contributed by atoms with E-state index in [2.05, 4.69) is 22.4 Å². The van der Waals surface area contributed by atoms with Gasteiger partial charge < -0.3 is 5.32 Å².